The van der Waals surface area contributed by atoms with Gasteiger partial charge in [0.2, 0.25) is 5.91 Å². The van der Waals surface area contributed by atoms with Crippen molar-refractivity contribution in [2.45, 2.75) is 76.4 Å². The van der Waals surface area contributed by atoms with Crippen LogP contribution in [0.5, 0.6) is 0 Å². The van der Waals surface area contributed by atoms with Gasteiger partial charge in [0.15, 0.2) is 0 Å². The Kier molecular flexibility index (Phi) is 7.92. The maximum Gasteiger partial charge on any atom is 0.416 e. The topological polar surface area (TPSA) is 43.8 Å². The van der Waals surface area contributed by atoms with Crippen molar-refractivity contribution in [3.63, 3.8) is 0 Å². The molecule has 1 aromatic rings. The number of nitrogens with zero attached hydrogens (tertiary/aromatic N) is 2. The summed E-state index contributed by atoms with van der Waals surface area (Å²) in [6.45, 7) is 6.12. The van der Waals surface area contributed by atoms with Crippen LogP contribution >= 0.6 is 0 Å². The van der Waals surface area contributed by atoms with Crippen molar-refractivity contribution in [3.8, 4) is 0 Å². The molecule has 2 heterocycles. The van der Waals surface area contributed by atoms with Crippen molar-refractivity contribution in [1.29, 1.82) is 0 Å². The third-order valence-electron chi connectivity index (χ3n) is 7.29. The summed E-state index contributed by atoms with van der Waals surface area (Å²) in [7, 11) is 0. The second-order valence-corrected chi connectivity index (χ2v) is 9.69. The van der Waals surface area contributed by atoms with Crippen LogP contribution < -0.4 is 0 Å². The molecule has 0 radical (unpaired) electrons. The normalized spacial score (nSPS) is 21.5. The zero-order valence-corrected chi connectivity index (χ0v) is 19.5. The van der Waals surface area contributed by atoms with Crippen LogP contribution in [0.2, 0.25) is 0 Å². The van der Waals surface area contributed by atoms with Crippen molar-refractivity contribution in [1.82, 2.24) is 9.80 Å². The van der Waals surface area contributed by atoms with Crippen LogP contribution in [0.3, 0.4) is 0 Å². The Morgan fingerprint density at radius 3 is 1.94 bits per heavy atom. The van der Waals surface area contributed by atoms with Crippen molar-refractivity contribution < 1.29 is 36.2 Å². The average molecular weight is 495 g/mol. The van der Waals surface area contributed by atoms with Crippen LogP contribution in [0.15, 0.2) is 18.2 Å². The number of aliphatic hydroxyl groups is 1. The van der Waals surface area contributed by atoms with Gasteiger partial charge in [-0.2, -0.15) is 26.3 Å². The van der Waals surface area contributed by atoms with Gasteiger partial charge < -0.3 is 14.9 Å². The lowest BCUT2D eigenvalue weighted by molar-refractivity contribution is -0.143. The molecule has 1 aromatic carbocycles. The molecule has 4 nitrogen and oxygen atoms in total. The number of piperidine rings is 2. The van der Waals surface area contributed by atoms with E-state index in [4.69, 9.17) is 0 Å². The van der Waals surface area contributed by atoms with Gasteiger partial charge in [0.1, 0.15) is 0 Å². The maximum absolute atomic E-state index is 13.1. The molecule has 0 spiro atoms. The molecule has 0 bridgehead atoms. The van der Waals surface area contributed by atoms with E-state index in [0.29, 0.717) is 31.3 Å². The molecule has 1 N–H and O–H groups in total. The zero-order valence-electron chi connectivity index (χ0n) is 19.5. The fourth-order valence-electron chi connectivity index (χ4n) is 5.00. The number of rotatable bonds is 5. The highest BCUT2D eigenvalue weighted by Gasteiger charge is 2.38. The fraction of sp³-hybridized carbons (Fsp3) is 0.708. The minimum absolute atomic E-state index is 0.0999. The second kappa shape index (κ2) is 10.0. The highest BCUT2D eigenvalue weighted by Crippen LogP contribution is 2.37. The fourth-order valence-corrected chi connectivity index (χ4v) is 5.00. The molecule has 0 aliphatic carbocycles. The predicted molar refractivity (Wildman–Crippen MR) is 115 cm³/mol. The van der Waals surface area contributed by atoms with E-state index < -0.39 is 35.0 Å². The van der Waals surface area contributed by atoms with E-state index in [9.17, 15) is 36.2 Å². The molecule has 2 aliphatic heterocycles. The van der Waals surface area contributed by atoms with E-state index in [2.05, 4.69) is 4.90 Å². The van der Waals surface area contributed by atoms with Crippen LogP contribution in [-0.2, 0) is 23.6 Å². The van der Waals surface area contributed by atoms with Gasteiger partial charge in [0.25, 0.3) is 0 Å². The third kappa shape index (κ3) is 6.44. The maximum atomic E-state index is 13.1. The zero-order chi connectivity index (χ0) is 25.3. The molecule has 2 saturated heterocycles. The number of benzene rings is 1. The number of amides is 1. The van der Waals surface area contributed by atoms with Gasteiger partial charge in [-0.3, -0.25) is 4.79 Å². The van der Waals surface area contributed by atoms with E-state index in [0.717, 1.165) is 45.2 Å². The molecule has 1 atom stereocenters. The second-order valence-electron chi connectivity index (χ2n) is 9.69. The summed E-state index contributed by atoms with van der Waals surface area (Å²) < 4.78 is 78.7. The predicted octanol–water partition coefficient (Wildman–Crippen LogP) is 5.13. The summed E-state index contributed by atoms with van der Waals surface area (Å²) in [4.78, 5) is 16.9. The number of alkyl halides is 6. The Labute approximate surface area is 195 Å². The van der Waals surface area contributed by atoms with Crippen LogP contribution in [0.4, 0.5) is 26.3 Å². The van der Waals surface area contributed by atoms with Gasteiger partial charge in [0, 0.05) is 38.1 Å². The highest BCUT2D eigenvalue weighted by atomic mass is 19.4. The molecule has 34 heavy (non-hydrogen) atoms. The quantitative estimate of drug-likeness (QED) is 0.578. The Balaban J connectivity index is 1.59. The molecule has 0 saturated carbocycles. The SMILES string of the molecule is CCC1(O)CCN(C2CCN(C(=O)[C@H](C)Cc3cc(C(F)(F)F)cc(C(F)(F)F)c3)CC2)CC1. The first-order chi connectivity index (χ1) is 15.7. The molecule has 10 heteroatoms. The Morgan fingerprint density at radius 1 is 1.00 bits per heavy atom. The third-order valence-corrected chi connectivity index (χ3v) is 7.29. The lowest BCUT2D eigenvalue weighted by Gasteiger charge is -2.44. The summed E-state index contributed by atoms with van der Waals surface area (Å²) in [5.74, 6) is -1.00. The largest absolute Gasteiger partial charge is 0.416 e. The van der Waals surface area contributed by atoms with E-state index in [1.807, 2.05) is 6.92 Å². The van der Waals surface area contributed by atoms with Gasteiger partial charge >= 0.3 is 12.4 Å². The van der Waals surface area contributed by atoms with Crippen LogP contribution in [-0.4, -0.2) is 58.6 Å². The first-order valence-electron chi connectivity index (χ1n) is 11.8. The highest BCUT2D eigenvalue weighted by molar-refractivity contribution is 5.79. The van der Waals surface area contributed by atoms with Gasteiger partial charge in [-0.05, 0) is 62.3 Å². The van der Waals surface area contributed by atoms with Gasteiger partial charge in [-0.15, -0.1) is 0 Å². The summed E-state index contributed by atoms with van der Waals surface area (Å²) in [6, 6.07) is 1.79. The molecule has 3 rings (SSSR count). The summed E-state index contributed by atoms with van der Waals surface area (Å²) in [5, 5.41) is 10.4. The van der Waals surface area contributed by atoms with E-state index in [1.165, 1.54) is 6.92 Å². The monoisotopic (exact) mass is 494 g/mol. The smallest absolute Gasteiger partial charge is 0.390 e. The average Bonchev–Trinajstić information content (AvgIpc) is 2.78. The van der Waals surface area contributed by atoms with Crippen molar-refractivity contribution in [2.24, 2.45) is 5.92 Å². The molecule has 2 aliphatic rings. The number of carbonyl (C=O) groups excluding carboxylic acids is 1. The van der Waals surface area contributed by atoms with Crippen molar-refractivity contribution in [2.75, 3.05) is 26.2 Å². The van der Waals surface area contributed by atoms with E-state index in [1.54, 1.807) is 4.90 Å². The van der Waals surface area contributed by atoms with Crippen LogP contribution in [0.1, 0.15) is 62.6 Å². The van der Waals surface area contributed by atoms with Gasteiger partial charge in [-0.25, -0.2) is 0 Å². The number of carbonyl (C=O) groups is 1. The molecular formula is C24H32F6N2O2. The van der Waals surface area contributed by atoms with Crippen molar-refractivity contribution in [3.05, 3.63) is 34.9 Å². The summed E-state index contributed by atoms with van der Waals surface area (Å²) in [5.41, 5.74) is -3.49. The first kappa shape index (κ1) is 26.8. The standard InChI is InChI=1S/C24H32F6N2O2/c1-3-22(34)6-10-31(11-7-22)20-4-8-32(9-5-20)21(33)16(2)12-17-13-18(23(25,26)27)15-19(14-17)24(28,29)30/h13-16,20,34H,3-12H2,1-2H3/t16-/m1/s1. The first-order valence-corrected chi connectivity index (χ1v) is 11.8. The minimum atomic E-state index is -4.91. The van der Waals surface area contributed by atoms with Gasteiger partial charge in [0.05, 0.1) is 16.7 Å². The van der Waals surface area contributed by atoms with Crippen molar-refractivity contribution >= 4 is 5.91 Å². The molecule has 2 fully saturated rings. The Morgan fingerprint density at radius 2 is 1.50 bits per heavy atom. The molecular weight excluding hydrogens is 462 g/mol. The molecule has 0 unspecified atom stereocenters. The van der Waals surface area contributed by atoms with Gasteiger partial charge in [-0.1, -0.05) is 13.8 Å². The summed E-state index contributed by atoms with van der Waals surface area (Å²) >= 11 is 0. The Hall–Kier alpha value is -1.81. The molecule has 192 valence electrons. The van der Waals surface area contributed by atoms with Crippen LogP contribution in [0.25, 0.3) is 0 Å². The number of halogens is 6. The Bertz CT molecular complexity index is 822. The van der Waals surface area contributed by atoms with Crippen LogP contribution in [0, 0.1) is 5.92 Å². The number of hydrogen-bond donors (Lipinski definition) is 1. The molecule has 1 amide bonds. The van der Waals surface area contributed by atoms with E-state index >= 15 is 0 Å². The van der Waals surface area contributed by atoms with E-state index in [-0.39, 0.29) is 24.0 Å². The number of hydrogen-bond acceptors (Lipinski definition) is 3. The lowest BCUT2D eigenvalue weighted by atomic mass is 9.87. The summed E-state index contributed by atoms with van der Waals surface area (Å²) in [6.07, 6.45) is -6.35. The minimum Gasteiger partial charge on any atom is -0.390 e. The molecule has 0 aromatic heterocycles. The lowest BCUT2D eigenvalue weighted by Crippen LogP contribution is -2.52. The number of likely N-dealkylation sites (tertiary alicyclic amines) is 2.